The van der Waals surface area contributed by atoms with Gasteiger partial charge in [-0.25, -0.2) is 0 Å². The van der Waals surface area contributed by atoms with Crippen molar-refractivity contribution in [1.29, 1.82) is 0 Å². The first-order valence-corrected chi connectivity index (χ1v) is 17.3. The number of morpholine rings is 1. The summed E-state index contributed by atoms with van der Waals surface area (Å²) in [6, 6.07) is 17.7. The van der Waals surface area contributed by atoms with Crippen LogP contribution in [0.3, 0.4) is 0 Å². The minimum atomic E-state index is -0.923. The zero-order chi connectivity index (χ0) is 33.5. The summed E-state index contributed by atoms with van der Waals surface area (Å²) < 4.78 is 23.6. The third kappa shape index (κ3) is 8.30. The van der Waals surface area contributed by atoms with E-state index in [1.807, 2.05) is 12.1 Å². The summed E-state index contributed by atoms with van der Waals surface area (Å²) in [7, 11) is 1.53. The molecule has 0 saturated carbocycles. The summed E-state index contributed by atoms with van der Waals surface area (Å²) in [5, 5.41) is 12.6. The average Bonchev–Trinajstić information content (AvgIpc) is 3.66. The summed E-state index contributed by atoms with van der Waals surface area (Å²) in [6.07, 6.45) is 3.29. The number of benzene rings is 3. The average molecular weight is 690 g/mol. The van der Waals surface area contributed by atoms with Gasteiger partial charge in [-0.1, -0.05) is 42.2 Å². The SMILES string of the molecule is COc1ccc(CC(=O)O)cc1OCCCN1C(=O)/C(=C/c2cc(-c3ccc4c(c3)CCN4)ccc2OCCN2CCOCC2)SC1=S. The minimum absolute atomic E-state index is 0.114. The van der Waals surface area contributed by atoms with Gasteiger partial charge in [-0.2, -0.15) is 0 Å². The molecule has 0 radical (unpaired) electrons. The highest BCUT2D eigenvalue weighted by Gasteiger charge is 2.32. The van der Waals surface area contributed by atoms with Gasteiger partial charge < -0.3 is 29.4 Å². The smallest absolute Gasteiger partial charge is 0.307 e. The van der Waals surface area contributed by atoms with E-state index in [4.69, 9.17) is 36.3 Å². The standard InChI is InChI=1S/C36H39N3O7S2/c1-43-31-7-3-24(20-34(40)41)19-32(31)45-15-2-11-39-35(42)33(48-36(39)47)23-28-22-26(25-4-6-29-27(21-25)9-10-37-29)5-8-30(28)46-18-14-38-12-16-44-17-13-38/h3-8,19,21-23,37H,2,9-18,20H2,1H3,(H,40,41)/b33-23-. The highest BCUT2D eigenvalue weighted by Crippen LogP contribution is 2.37. The fourth-order valence-corrected chi connectivity index (χ4v) is 7.22. The second kappa shape index (κ2) is 15.9. The van der Waals surface area contributed by atoms with Gasteiger partial charge >= 0.3 is 5.97 Å². The number of ether oxygens (including phenoxy) is 4. The number of rotatable bonds is 14. The molecular formula is C36H39N3O7S2. The lowest BCUT2D eigenvalue weighted by molar-refractivity contribution is -0.136. The summed E-state index contributed by atoms with van der Waals surface area (Å²) in [5.74, 6) is 0.612. The molecule has 0 unspecified atom stereocenters. The van der Waals surface area contributed by atoms with Gasteiger partial charge in [0.1, 0.15) is 16.7 Å². The van der Waals surface area contributed by atoms with Gasteiger partial charge in [-0.3, -0.25) is 19.4 Å². The van der Waals surface area contributed by atoms with Crippen LogP contribution >= 0.6 is 24.0 Å². The van der Waals surface area contributed by atoms with Crippen molar-refractivity contribution in [1.82, 2.24) is 9.80 Å². The van der Waals surface area contributed by atoms with Crippen LogP contribution in [0.4, 0.5) is 5.69 Å². The number of fused-ring (bicyclic) bond motifs is 1. The number of hydrogen-bond donors (Lipinski definition) is 2. The maximum atomic E-state index is 13.6. The molecule has 3 aromatic carbocycles. The molecule has 0 bridgehead atoms. The number of anilines is 1. The Balaban J connectivity index is 1.15. The summed E-state index contributed by atoms with van der Waals surface area (Å²) in [6.45, 7) is 6.19. The fraction of sp³-hybridized carbons (Fsp3) is 0.361. The maximum Gasteiger partial charge on any atom is 0.307 e. The number of carboxylic acid groups (broad SMARTS) is 1. The van der Waals surface area contributed by atoms with Crippen molar-refractivity contribution in [3.05, 3.63) is 76.2 Å². The van der Waals surface area contributed by atoms with Gasteiger partial charge in [-0.15, -0.1) is 0 Å². The zero-order valence-electron chi connectivity index (χ0n) is 26.9. The maximum absolute atomic E-state index is 13.6. The van der Waals surface area contributed by atoms with Crippen molar-refractivity contribution < 1.29 is 33.6 Å². The number of methoxy groups -OCH3 is 1. The summed E-state index contributed by atoms with van der Waals surface area (Å²) >= 11 is 6.92. The molecule has 0 aliphatic carbocycles. The first-order valence-electron chi connectivity index (χ1n) is 16.1. The molecule has 12 heteroatoms. The number of thioether (sulfide) groups is 1. The third-order valence-corrected chi connectivity index (χ3v) is 9.83. The normalized spacial score (nSPS) is 17.0. The molecule has 6 rings (SSSR count). The number of carboxylic acids is 1. The van der Waals surface area contributed by atoms with Crippen molar-refractivity contribution in [3.63, 3.8) is 0 Å². The second-order valence-electron chi connectivity index (χ2n) is 11.7. The largest absolute Gasteiger partial charge is 0.493 e. The molecule has 3 aliphatic rings. The zero-order valence-corrected chi connectivity index (χ0v) is 28.5. The predicted molar refractivity (Wildman–Crippen MR) is 191 cm³/mol. The topological polar surface area (TPSA) is 110 Å². The number of thiocarbonyl (C=S) groups is 1. The molecule has 2 fully saturated rings. The highest BCUT2D eigenvalue weighted by molar-refractivity contribution is 8.26. The first kappa shape index (κ1) is 33.8. The molecule has 48 heavy (non-hydrogen) atoms. The van der Waals surface area contributed by atoms with Crippen LogP contribution in [-0.2, 0) is 27.2 Å². The van der Waals surface area contributed by atoms with E-state index in [0.717, 1.165) is 62.5 Å². The molecule has 0 spiro atoms. The van der Waals surface area contributed by atoms with E-state index in [1.54, 1.807) is 23.1 Å². The van der Waals surface area contributed by atoms with Crippen LogP contribution in [0.25, 0.3) is 17.2 Å². The van der Waals surface area contributed by atoms with Crippen LogP contribution in [0.15, 0.2) is 59.5 Å². The molecule has 252 valence electrons. The van der Waals surface area contributed by atoms with Crippen molar-refractivity contribution in [2.45, 2.75) is 19.3 Å². The van der Waals surface area contributed by atoms with E-state index in [-0.39, 0.29) is 12.3 Å². The monoisotopic (exact) mass is 689 g/mol. The first-order chi connectivity index (χ1) is 23.4. The quantitative estimate of drug-likeness (QED) is 0.130. The Morgan fingerprint density at radius 3 is 2.58 bits per heavy atom. The van der Waals surface area contributed by atoms with Crippen LogP contribution in [0.5, 0.6) is 17.2 Å². The number of nitrogens with zero attached hydrogens (tertiary/aromatic N) is 2. The fourth-order valence-electron chi connectivity index (χ4n) is 5.92. The van der Waals surface area contributed by atoms with Gasteiger partial charge in [0.05, 0.1) is 38.3 Å². The molecule has 10 nitrogen and oxygen atoms in total. The molecule has 3 aromatic rings. The molecule has 3 heterocycles. The number of hydrogen-bond acceptors (Lipinski definition) is 10. The summed E-state index contributed by atoms with van der Waals surface area (Å²) in [4.78, 5) is 29.2. The molecule has 0 aromatic heterocycles. The lowest BCUT2D eigenvalue weighted by Gasteiger charge is -2.26. The number of nitrogens with one attached hydrogen (secondary N) is 1. The number of aliphatic carboxylic acids is 1. The lowest BCUT2D eigenvalue weighted by Crippen LogP contribution is -2.38. The third-order valence-electron chi connectivity index (χ3n) is 8.45. The molecule has 2 saturated heterocycles. The van der Waals surface area contributed by atoms with Gasteiger partial charge in [0.2, 0.25) is 0 Å². The lowest BCUT2D eigenvalue weighted by atomic mass is 9.99. The number of carbonyl (C=O) groups is 2. The second-order valence-corrected chi connectivity index (χ2v) is 13.4. The van der Waals surface area contributed by atoms with Gasteiger partial charge in [-0.05, 0) is 77.6 Å². The van der Waals surface area contributed by atoms with E-state index in [0.29, 0.717) is 58.2 Å². The van der Waals surface area contributed by atoms with Gasteiger partial charge in [0.25, 0.3) is 5.91 Å². The predicted octanol–water partition coefficient (Wildman–Crippen LogP) is 5.34. The van der Waals surface area contributed by atoms with Crippen LogP contribution in [0, 0.1) is 0 Å². The van der Waals surface area contributed by atoms with E-state index >= 15 is 0 Å². The molecule has 1 amide bonds. The summed E-state index contributed by atoms with van der Waals surface area (Å²) in [5.41, 5.74) is 6.09. The Hall–Kier alpha value is -4.10. The Morgan fingerprint density at radius 2 is 1.77 bits per heavy atom. The van der Waals surface area contributed by atoms with Gasteiger partial charge in [0.15, 0.2) is 11.5 Å². The molecule has 0 atom stereocenters. The number of carbonyl (C=O) groups excluding carboxylic acids is 1. The highest BCUT2D eigenvalue weighted by atomic mass is 32.2. The van der Waals surface area contributed by atoms with Crippen molar-refractivity contribution in [3.8, 4) is 28.4 Å². The molecule has 2 N–H and O–H groups in total. The van der Waals surface area contributed by atoms with Crippen molar-refractivity contribution in [2.24, 2.45) is 0 Å². The van der Waals surface area contributed by atoms with E-state index < -0.39 is 5.97 Å². The van der Waals surface area contributed by atoms with Crippen LogP contribution in [0.1, 0.15) is 23.1 Å². The van der Waals surface area contributed by atoms with E-state index in [9.17, 15) is 9.59 Å². The molecule has 3 aliphatic heterocycles. The minimum Gasteiger partial charge on any atom is -0.493 e. The van der Waals surface area contributed by atoms with E-state index in [2.05, 4.69) is 40.5 Å². The van der Waals surface area contributed by atoms with Gasteiger partial charge in [0, 0.05) is 44.0 Å². The Bertz CT molecular complexity index is 1710. The Morgan fingerprint density at radius 1 is 1.00 bits per heavy atom. The number of amides is 1. The van der Waals surface area contributed by atoms with Crippen molar-refractivity contribution in [2.75, 3.05) is 71.6 Å². The Kier molecular flexibility index (Phi) is 11.2. The van der Waals surface area contributed by atoms with Crippen molar-refractivity contribution >= 4 is 51.9 Å². The Labute approximate surface area is 290 Å². The van der Waals surface area contributed by atoms with Crippen LogP contribution in [-0.4, -0.2) is 97.4 Å². The van der Waals surface area contributed by atoms with E-state index in [1.165, 1.54) is 30.1 Å². The van der Waals surface area contributed by atoms with Crippen LogP contribution in [0.2, 0.25) is 0 Å². The molecular weight excluding hydrogens is 651 g/mol. The van der Waals surface area contributed by atoms with Crippen LogP contribution < -0.4 is 19.5 Å².